The van der Waals surface area contributed by atoms with Gasteiger partial charge in [-0.25, -0.2) is 0 Å². The van der Waals surface area contributed by atoms with Gasteiger partial charge in [0.15, 0.2) is 0 Å². The van der Waals surface area contributed by atoms with Gasteiger partial charge in [0.2, 0.25) is 5.82 Å². The number of aliphatic carboxylic acids is 1. The summed E-state index contributed by atoms with van der Waals surface area (Å²) in [6.45, 7) is 0. The van der Waals surface area contributed by atoms with Crippen molar-refractivity contribution < 1.29 is 19.5 Å². The van der Waals surface area contributed by atoms with E-state index in [1.165, 1.54) is 5.56 Å². The van der Waals surface area contributed by atoms with Crippen LogP contribution in [0.4, 0.5) is 0 Å². The van der Waals surface area contributed by atoms with E-state index in [0.717, 1.165) is 53.4 Å². The van der Waals surface area contributed by atoms with Gasteiger partial charge in [-0.1, -0.05) is 17.0 Å². The molecular formula is C26H21N3O4. The summed E-state index contributed by atoms with van der Waals surface area (Å²) in [6, 6.07) is 11.0. The predicted molar refractivity (Wildman–Crippen MR) is 122 cm³/mol. The Labute approximate surface area is 189 Å². The van der Waals surface area contributed by atoms with Gasteiger partial charge in [-0.3, -0.25) is 4.79 Å². The number of phenolic OH excluding ortho intramolecular Hbond substituents is 1. The first-order valence-corrected chi connectivity index (χ1v) is 11.1. The third kappa shape index (κ3) is 3.74. The minimum atomic E-state index is -0.778. The van der Waals surface area contributed by atoms with E-state index in [4.69, 9.17) is 4.52 Å². The fourth-order valence-electron chi connectivity index (χ4n) is 4.58. The van der Waals surface area contributed by atoms with Gasteiger partial charge in [-0.05, 0) is 67.6 Å². The van der Waals surface area contributed by atoms with Crippen LogP contribution in [0.25, 0.3) is 33.7 Å². The molecule has 2 aromatic heterocycles. The largest absolute Gasteiger partial charge is 0.508 e. The SMILES string of the molecule is O=C(O)CC1CCc2c1[nH]c1ccc(-c3noc(-c4cc(O)cc(C#CC5CC5)c4)n3)cc21. The normalized spacial score (nSPS) is 17.0. The van der Waals surface area contributed by atoms with Crippen molar-refractivity contribution in [2.45, 2.75) is 38.0 Å². The summed E-state index contributed by atoms with van der Waals surface area (Å²) in [5, 5.41) is 24.5. The van der Waals surface area contributed by atoms with Crippen LogP contribution in [0.2, 0.25) is 0 Å². The Hall–Kier alpha value is -4.05. The van der Waals surface area contributed by atoms with Gasteiger partial charge in [0.05, 0.1) is 6.42 Å². The van der Waals surface area contributed by atoms with Gasteiger partial charge in [-0.2, -0.15) is 4.98 Å². The van der Waals surface area contributed by atoms with Crippen molar-refractivity contribution in [2.24, 2.45) is 5.92 Å². The number of nitrogens with zero attached hydrogens (tertiary/aromatic N) is 2. The van der Waals surface area contributed by atoms with Gasteiger partial charge < -0.3 is 19.7 Å². The van der Waals surface area contributed by atoms with Crippen LogP contribution in [0.15, 0.2) is 40.9 Å². The molecule has 6 rings (SSSR count). The highest BCUT2D eigenvalue weighted by atomic mass is 16.5. The van der Waals surface area contributed by atoms with Crippen LogP contribution in [0.3, 0.4) is 0 Å². The quantitative estimate of drug-likeness (QED) is 0.392. The summed E-state index contributed by atoms with van der Waals surface area (Å²) in [7, 11) is 0. The van der Waals surface area contributed by atoms with E-state index in [0.29, 0.717) is 23.2 Å². The molecule has 1 atom stereocenters. The second-order valence-corrected chi connectivity index (χ2v) is 8.85. The number of aromatic nitrogens is 3. The smallest absolute Gasteiger partial charge is 0.304 e. The molecule has 33 heavy (non-hydrogen) atoms. The van der Waals surface area contributed by atoms with Crippen molar-refractivity contribution in [3.63, 3.8) is 0 Å². The molecule has 0 radical (unpaired) electrons. The fraction of sp³-hybridized carbons (Fsp3) is 0.269. The Morgan fingerprint density at radius 1 is 1.15 bits per heavy atom. The fourth-order valence-corrected chi connectivity index (χ4v) is 4.58. The monoisotopic (exact) mass is 439 g/mol. The number of benzene rings is 2. The first-order valence-electron chi connectivity index (χ1n) is 11.1. The Morgan fingerprint density at radius 3 is 2.85 bits per heavy atom. The Balaban J connectivity index is 1.32. The number of carboxylic acids is 1. The van der Waals surface area contributed by atoms with Crippen molar-refractivity contribution in [1.29, 1.82) is 0 Å². The second-order valence-electron chi connectivity index (χ2n) is 8.85. The highest BCUT2D eigenvalue weighted by Gasteiger charge is 2.28. The van der Waals surface area contributed by atoms with E-state index < -0.39 is 5.97 Å². The number of H-pyrrole nitrogens is 1. The maximum Gasteiger partial charge on any atom is 0.304 e. The minimum absolute atomic E-state index is 0.0214. The summed E-state index contributed by atoms with van der Waals surface area (Å²) >= 11 is 0. The molecule has 1 unspecified atom stereocenters. The number of rotatable bonds is 4. The molecule has 1 fully saturated rings. The summed E-state index contributed by atoms with van der Waals surface area (Å²) in [4.78, 5) is 19.2. The first kappa shape index (κ1) is 19.6. The van der Waals surface area contributed by atoms with E-state index in [-0.39, 0.29) is 18.1 Å². The third-order valence-electron chi connectivity index (χ3n) is 6.36. The van der Waals surface area contributed by atoms with Crippen LogP contribution in [-0.2, 0) is 11.2 Å². The van der Waals surface area contributed by atoms with Gasteiger partial charge in [0, 0.05) is 45.1 Å². The maximum atomic E-state index is 11.2. The van der Waals surface area contributed by atoms with Crippen LogP contribution >= 0.6 is 0 Å². The number of nitrogens with one attached hydrogen (secondary N) is 1. The van der Waals surface area contributed by atoms with Crippen molar-refractivity contribution in [2.75, 3.05) is 0 Å². The molecule has 0 spiro atoms. The third-order valence-corrected chi connectivity index (χ3v) is 6.36. The lowest BCUT2D eigenvalue weighted by Gasteiger charge is -2.05. The average Bonchev–Trinajstić information content (AvgIpc) is 3.17. The van der Waals surface area contributed by atoms with Gasteiger partial charge in [0.1, 0.15) is 5.75 Å². The van der Waals surface area contributed by atoms with Crippen LogP contribution in [0.1, 0.15) is 48.4 Å². The van der Waals surface area contributed by atoms with E-state index >= 15 is 0 Å². The second kappa shape index (κ2) is 7.52. The molecular weight excluding hydrogens is 418 g/mol. The summed E-state index contributed by atoms with van der Waals surface area (Å²) in [5.41, 5.74) is 5.33. The summed E-state index contributed by atoms with van der Waals surface area (Å²) < 4.78 is 5.51. The van der Waals surface area contributed by atoms with Crippen LogP contribution in [0, 0.1) is 17.8 Å². The number of fused-ring (bicyclic) bond motifs is 3. The predicted octanol–water partition coefficient (Wildman–Crippen LogP) is 4.86. The number of hydrogen-bond donors (Lipinski definition) is 3. The number of carboxylic acid groups (broad SMARTS) is 1. The van der Waals surface area contributed by atoms with E-state index in [2.05, 4.69) is 27.0 Å². The number of hydrogen-bond acceptors (Lipinski definition) is 5. The maximum absolute atomic E-state index is 11.2. The zero-order valence-corrected chi connectivity index (χ0v) is 17.8. The molecule has 2 aromatic carbocycles. The number of carbonyl (C=O) groups is 1. The molecule has 2 heterocycles. The molecule has 4 aromatic rings. The zero-order valence-electron chi connectivity index (χ0n) is 17.8. The number of aryl methyl sites for hydroxylation is 1. The number of aromatic hydroxyl groups is 1. The molecule has 0 amide bonds. The molecule has 2 aliphatic rings. The highest BCUT2D eigenvalue weighted by molar-refractivity contribution is 5.89. The zero-order chi connectivity index (χ0) is 22.5. The van der Waals surface area contributed by atoms with Gasteiger partial charge in [0.25, 0.3) is 5.89 Å². The van der Waals surface area contributed by atoms with Gasteiger partial charge >= 0.3 is 5.97 Å². The standard InChI is InChI=1S/C26H21N3O4/c30-19-10-15(4-3-14-1-2-14)9-18(11-19)26-28-25(29-33-26)17-6-8-22-21(12-17)20-7-5-16(13-23(31)32)24(20)27-22/h6,8-12,14,16,27,30H,1-2,5,7,13H2,(H,31,32). The molecule has 7 nitrogen and oxygen atoms in total. The molecule has 0 bridgehead atoms. The van der Waals surface area contributed by atoms with E-state index in [9.17, 15) is 15.0 Å². The van der Waals surface area contributed by atoms with Crippen LogP contribution in [-0.4, -0.2) is 31.3 Å². The average molecular weight is 439 g/mol. The molecule has 7 heteroatoms. The van der Waals surface area contributed by atoms with Crippen molar-refractivity contribution >= 4 is 16.9 Å². The van der Waals surface area contributed by atoms with Gasteiger partial charge in [-0.15, -0.1) is 0 Å². The van der Waals surface area contributed by atoms with Crippen molar-refractivity contribution in [3.05, 3.63) is 53.2 Å². The van der Waals surface area contributed by atoms with Crippen molar-refractivity contribution in [3.8, 4) is 40.4 Å². The van der Waals surface area contributed by atoms with E-state index in [1.807, 2.05) is 24.3 Å². The minimum Gasteiger partial charge on any atom is -0.508 e. The van der Waals surface area contributed by atoms with Crippen LogP contribution < -0.4 is 0 Å². The lowest BCUT2D eigenvalue weighted by molar-refractivity contribution is -0.137. The molecule has 3 N–H and O–H groups in total. The van der Waals surface area contributed by atoms with Crippen molar-refractivity contribution in [1.82, 2.24) is 15.1 Å². The molecule has 2 aliphatic carbocycles. The molecule has 164 valence electrons. The lowest BCUT2D eigenvalue weighted by atomic mass is 10.0. The molecule has 1 saturated carbocycles. The molecule has 0 saturated heterocycles. The number of phenols is 1. The topological polar surface area (TPSA) is 112 Å². The Bertz CT molecular complexity index is 1470. The van der Waals surface area contributed by atoms with E-state index in [1.54, 1.807) is 12.1 Å². The highest BCUT2D eigenvalue weighted by Crippen LogP contribution is 2.40. The molecule has 0 aliphatic heterocycles. The summed E-state index contributed by atoms with van der Waals surface area (Å²) in [5.74, 6) is 6.89. The lowest BCUT2D eigenvalue weighted by Crippen LogP contribution is -2.03. The summed E-state index contributed by atoms with van der Waals surface area (Å²) in [6.07, 6.45) is 4.10. The van der Waals surface area contributed by atoms with Crippen LogP contribution in [0.5, 0.6) is 5.75 Å². The number of aromatic amines is 1. The Morgan fingerprint density at radius 2 is 2.03 bits per heavy atom. The first-order chi connectivity index (χ1) is 16.0. The Kier molecular flexibility index (Phi) is 4.47.